The van der Waals surface area contributed by atoms with Crippen LogP contribution in [0, 0.1) is 15.2 Å². The fourth-order valence-electron chi connectivity index (χ4n) is 1.71. The molecule has 7 heteroatoms. The van der Waals surface area contributed by atoms with Crippen LogP contribution in [0.3, 0.4) is 0 Å². The zero-order chi connectivity index (χ0) is 18.8. The van der Waals surface area contributed by atoms with E-state index in [1.54, 1.807) is 0 Å². The fraction of sp³-hybridized carbons (Fsp3) is 0.111. The highest BCUT2D eigenvalue weighted by Gasteiger charge is 2.00. The van der Waals surface area contributed by atoms with Crippen LogP contribution in [-0.4, -0.2) is 22.2 Å². The highest BCUT2D eigenvalue weighted by molar-refractivity contribution is 14.1. The number of hydrogen-bond acceptors (Lipinski definition) is 2. The van der Waals surface area contributed by atoms with Crippen molar-refractivity contribution in [3.8, 4) is 0 Å². The standard InChI is InChI=1S/C9H6F2O2.C9H9IO2/c10-7-2-3-8(11)6(5-7)1-4-9(12)13;10-8-4-1-7(2-5-8)3-6-9(11)12/h1-5H,(H,12,13);1-2,4-5H,3,6H2,(H,11,12). The quantitative estimate of drug-likeness (QED) is 0.514. The zero-order valence-corrected chi connectivity index (χ0v) is 15.1. The van der Waals surface area contributed by atoms with E-state index in [1.807, 2.05) is 24.3 Å². The topological polar surface area (TPSA) is 74.6 Å². The lowest BCUT2D eigenvalue weighted by Gasteiger charge is -1.97. The summed E-state index contributed by atoms with van der Waals surface area (Å²) in [5.74, 6) is -3.21. The minimum atomic E-state index is -1.20. The Bertz CT molecular complexity index is 758. The van der Waals surface area contributed by atoms with Crippen molar-refractivity contribution in [2.24, 2.45) is 0 Å². The summed E-state index contributed by atoms with van der Waals surface area (Å²) in [5, 5.41) is 16.7. The maximum Gasteiger partial charge on any atom is 0.328 e. The van der Waals surface area contributed by atoms with Gasteiger partial charge in [-0.05, 0) is 71.0 Å². The van der Waals surface area contributed by atoms with Gasteiger partial charge >= 0.3 is 11.9 Å². The van der Waals surface area contributed by atoms with E-state index in [2.05, 4.69) is 22.6 Å². The lowest BCUT2D eigenvalue weighted by Crippen LogP contribution is -1.97. The maximum absolute atomic E-state index is 12.8. The Hall–Kier alpha value is -2.29. The van der Waals surface area contributed by atoms with Crippen molar-refractivity contribution < 1.29 is 28.6 Å². The Labute approximate surface area is 156 Å². The SMILES string of the molecule is O=C(O)C=Cc1cc(F)ccc1F.O=C(O)CCc1ccc(I)cc1. The van der Waals surface area contributed by atoms with Crippen LogP contribution in [-0.2, 0) is 16.0 Å². The lowest BCUT2D eigenvalue weighted by molar-refractivity contribution is -0.137. The third-order valence-corrected chi connectivity index (χ3v) is 3.62. The molecular formula is C18H15F2IO4. The number of hydrogen-bond donors (Lipinski definition) is 2. The third kappa shape index (κ3) is 8.94. The average Bonchev–Trinajstić information content (AvgIpc) is 2.55. The van der Waals surface area contributed by atoms with Crippen LogP contribution >= 0.6 is 22.6 Å². The summed E-state index contributed by atoms with van der Waals surface area (Å²) >= 11 is 2.22. The van der Waals surface area contributed by atoms with E-state index in [0.29, 0.717) is 6.42 Å². The molecule has 0 spiro atoms. The first-order valence-corrected chi connectivity index (χ1v) is 8.18. The van der Waals surface area contributed by atoms with Crippen LogP contribution in [0.1, 0.15) is 17.5 Å². The van der Waals surface area contributed by atoms with E-state index in [4.69, 9.17) is 10.2 Å². The zero-order valence-electron chi connectivity index (χ0n) is 13.0. The normalized spacial score (nSPS) is 10.2. The third-order valence-electron chi connectivity index (χ3n) is 2.90. The molecule has 2 aromatic rings. The van der Waals surface area contributed by atoms with Gasteiger partial charge in [0.15, 0.2) is 0 Å². The van der Waals surface area contributed by atoms with Crippen LogP contribution < -0.4 is 0 Å². The van der Waals surface area contributed by atoms with Crippen molar-refractivity contribution in [2.45, 2.75) is 12.8 Å². The van der Waals surface area contributed by atoms with Crippen LogP contribution in [0.4, 0.5) is 8.78 Å². The first kappa shape index (κ1) is 20.8. The van der Waals surface area contributed by atoms with Crippen LogP contribution in [0.2, 0.25) is 0 Å². The number of carbonyl (C=O) groups is 2. The first-order valence-electron chi connectivity index (χ1n) is 7.10. The summed E-state index contributed by atoms with van der Waals surface area (Å²) in [6, 6.07) is 10.7. The predicted octanol–water partition coefficient (Wildman–Crippen LogP) is 4.37. The molecule has 2 N–H and O–H groups in total. The van der Waals surface area contributed by atoms with Crippen molar-refractivity contribution in [1.82, 2.24) is 0 Å². The van der Waals surface area contributed by atoms with Crippen LogP contribution in [0.25, 0.3) is 6.08 Å². The predicted molar refractivity (Wildman–Crippen MR) is 98.1 cm³/mol. The monoisotopic (exact) mass is 460 g/mol. The first-order chi connectivity index (χ1) is 11.8. The van der Waals surface area contributed by atoms with E-state index in [9.17, 15) is 18.4 Å². The van der Waals surface area contributed by atoms with E-state index in [-0.39, 0.29) is 12.0 Å². The number of carboxylic acids is 2. The smallest absolute Gasteiger partial charge is 0.328 e. The van der Waals surface area contributed by atoms with Crippen molar-refractivity contribution in [3.05, 3.63) is 74.9 Å². The van der Waals surface area contributed by atoms with Crippen molar-refractivity contribution in [2.75, 3.05) is 0 Å². The molecule has 0 amide bonds. The number of rotatable bonds is 5. The van der Waals surface area contributed by atoms with Gasteiger partial charge in [-0.25, -0.2) is 13.6 Å². The minimum Gasteiger partial charge on any atom is -0.481 e. The van der Waals surface area contributed by atoms with Crippen molar-refractivity contribution in [1.29, 1.82) is 0 Å². The second-order valence-electron chi connectivity index (χ2n) is 4.86. The maximum atomic E-state index is 12.8. The number of aliphatic carboxylic acids is 2. The minimum absolute atomic E-state index is 0.0811. The highest BCUT2D eigenvalue weighted by atomic mass is 127. The Morgan fingerprint density at radius 1 is 1.04 bits per heavy atom. The molecular weight excluding hydrogens is 445 g/mol. The lowest BCUT2D eigenvalue weighted by atomic mass is 10.1. The van der Waals surface area contributed by atoms with Gasteiger partial charge in [-0.1, -0.05) is 12.1 Å². The van der Waals surface area contributed by atoms with Gasteiger partial charge in [0.05, 0.1) is 0 Å². The summed E-state index contributed by atoms with van der Waals surface area (Å²) in [6.45, 7) is 0. The number of carboxylic acid groups (broad SMARTS) is 2. The van der Waals surface area contributed by atoms with Gasteiger partial charge in [0.2, 0.25) is 0 Å². The Morgan fingerprint density at radius 2 is 1.68 bits per heavy atom. The van der Waals surface area contributed by atoms with E-state index in [0.717, 1.165) is 35.9 Å². The molecule has 0 fully saturated rings. The second kappa shape index (κ2) is 10.5. The molecule has 0 aliphatic rings. The molecule has 0 saturated carbocycles. The molecule has 0 aliphatic carbocycles. The van der Waals surface area contributed by atoms with E-state index >= 15 is 0 Å². The molecule has 0 radical (unpaired) electrons. The molecule has 0 heterocycles. The largest absolute Gasteiger partial charge is 0.481 e. The van der Waals surface area contributed by atoms with Gasteiger partial charge in [-0.3, -0.25) is 4.79 Å². The number of benzene rings is 2. The van der Waals surface area contributed by atoms with Gasteiger partial charge in [0, 0.05) is 21.6 Å². The Balaban J connectivity index is 0.000000251. The molecule has 2 rings (SSSR count). The Kier molecular flexibility index (Phi) is 8.76. The molecule has 0 aliphatic heterocycles. The van der Waals surface area contributed by atoms with Gasteiger partial charge in [0.25, 0.3) is 0 Å². The molecule has 0 atom stereocenters. The van der Waals surface area contributed by atoms with Crippen molar-refractivity contribution in [3.63, 3.8) is 0 Å². The fourth-order valence-corrected chi connectivity index (χ4v) is 2.07. The van der Waals surface area contributed by atoms with Crippen molar-refractivity contribution >= 4 is 40.6 Å². The Morgan fingerprint density at radius 3 is 2.24 bits per heavy atom. The molecule has 25 heavy (non-hydrogen) atoms. The molecule has 2 aromatic carbocycles. The van der Waals surface area contributed by atoms with E-state index in [1.165, 1.54) is 3.57 Å². The summed E-state index contributed by atoms with van der Waals surface area (Å²) < 4.78 is 26.5. The van der Waals surface area contributed by atoms with Crippen LogP contribution in [0.15, 0.2) is 48.5 Å². The summed E-state index contributed by atoms with van der Waals surface area (Å²) in [6.07, 6.45) is 2.57. The molecule has 0 saturated heterocycles. The van der Waals surface area contributed by atoms with Gasteiger partial charge < -0.3 is 10.2 Å². The molecule has 0 bridgehead atoms. The molecule has 0 aromatic heterocycles. The summed E-state index contributed by atoms with van der Waals surface area (Å²) in [7, 11) is 0. The van der Waals surface area contributed by atoms with Crippen LogP contribution in [0.5, 0.6) is 0 Å². The second-order valence-corrected chi connectivity index (χ2v) is 6.10. The van der Waals surface area contributed by atoms with Gasteiger partial charge in [-0.2, -0.15) is 0 Å². The summed E-state index contributed by atoms with van der Waals surface area (Å²) in [4.78, 5) is 20.3. The van der Waals surface area contributed by atoms with E-state index < -0.39 is 23.6 Å². The molecule has 4 nitrogen and oxygen atoms in total. The van der Waals surface area contributed by atoms with Gasteiger partial charge in [-0.15, -0.1) is 0 Å². The average molecular weight is 460 g/mol. The number of aryl methyl sites for hydroxylation is 1. The molecule has 132 valence electrons. The van der Waals surface area contributed by atoms with Gasteiger partial charge in [0.1, 0.15) is 11.6 Å². The highest BCUT2D eigenvalue weighted by Crippen LogP contribution is 2.11. The number of halogens is 3. The summed E-state index contributed by atoms with van der Waals surface area (Å²) in [5.41, 5.74) is 1.00. The molecule has 0 unspecified atom stereocenters.